The van der Waals surface area contributed by atoms with Gasteiger partial charge in [0.05, 0.1) is 0 Å². The molecule has 2 rings (SSSR count). The Bertz CT molecular complexity index is 334. The van der Waals surface area contributed by atoms with Crippen LogP contribution >= 0.6 is 0 Å². The summed E-state index contributed by atoms with van der Waals surface area (Å²) in [4.78, 5) is 12.1. The summed E-state index contributed by atoms with van der Waals surface area (Å²) < 4.78 is 0. The van der Waals surface area contributed by atoms with Gasteiger partial charge in [-0.25, -0.2) is 0 Å². The minimum atomic E-state index is 0.0427. The van der Waals surface area contributed by atoms with E-state index >= 15 is 0 Å². The third-order valence-corrected chi connectivity index (χ3v) is 3.21. The Hall–Kier alpha value is -1.15. The lowest BCUT2D eigenvalue weighted by Crippen LogP contribution is -2.38. The van der Waals surface area contributed by atoms with Gasteiger partial charge in [-0.3, -0.25) is 4.79 Å². The van der Waals surface area contributed by atoms with Crippen LogP contribution in [0.25, 0.3) is 0 Å². The first-order valence-corrected chi connectivity index (χ1v) is 5.64. The summed E-state index contributed by atoms with van der Waals surface area (Å²) >= 11 is 0. The first-order valence-electron chi connectivity index (χ1n) is 5.64. The second kappa shape index (κ2) is 4.58. The molecule has 1 aliphatic carbocycles. The molecule has 0 saturated heterocycles. The summed E-state index contributed by atoms with van der Waals surface area (Å²) in [5.41, 5.74) is 6.80. The van der Waals surface area contributed by atoms with E-state index in [0.717, 1.165) is 24.8 Å². The van der Waals surface area contributed by atoms with Gasteiger partial charge in [0.15, 0.2) is 5.78 Å². The minimum absolute atomic E-state index is 0.0427. The highest BCUT2D eigenvalue weighted by molar-refractivity contribution is 5.98. The molecule has 1 aromatic carbocycles. The molecule has 2 atom stereocenters. The second-order valence-electron chi connectivity index (χ2n) is 4.29. The van der Waals surface area contributed by atoms with E-state index in [4.69, 9.17) is 5.73 Å². The molecule has 0 aromatic heterocycles. The standard InChI is InChI=1S/C13H17NO/c14-12-9-5-4-8-11(12)13(15)10-6-2-1-3-7-10/h1-3,6-7,11-12H,4-5,8-9,14H2/t11-,12-/m1/s1. The van der Waals surface area contributed by atoms with Crippen LogP contribution in [-0.2, 0) is 0 Å². The van der Waals surface area contributed by atoms with Crippen LogP contribution in [-0.4, -0.2) is 11.8 Å². The first-order chi connectivity index (χ1) is 7.29. The number of benzene rings is 1. The lowest BCUT2D eigenvalue weighted by Gasteiger charge is -2.27. The van der Waals surface area contributed by atoms with Crippen molar-refractivity contribution < 1.29 is 4.79 Å². The van der Waals surface area contributed by atoms with Crippen molar-refractivity contribution in [3.05, 3.63) is 35.9 Å². The molecule has 0 spiro atoms. The van der Waals surface area contributed by atoms with Crippen LogP contribution < -0.4 is 5.73 Å². The number of hydrogen-bond acceptors (Lipinski definition) is 2. The van der Waals surface area contributed by atoms with Gasteiger partial charge in [0.1, 0.15) is 0 Å². The zero-order valence-corrected chi connectivity index (χ0v) is 8.86. The smallest absolute Gasteiger partial charge is 0.167 e. The number of ketones is 1. The van der Waals surface area contributed by atoms with Crippen LogP contribution in [0, 0.1) is 5.92 Å². The molecule has 0 radical (unpaired) electrons. The molecule has 0 heterocycles. The molecule has 0 bridgehead atoms. The summed E-state index contributed by atoms with van der Waals surface area (Å²) in [7, 11) is 0. The molecule has 1 aromatic rings. The van der Waals surface area contributed by atoms with E-state index in [0.29, 0.717) is 0 Å². The minimum Gasteiger partial charge on any atom is -0.327 e. The zero-order chi connectivity index (χ0) is 10.7. The number of carbonyl (C=O) groups excluding carboxylic acids is 1. The highest BCUT2D eigenvalue weighted by atomic mass is 16.1. The molecule has 0 aliphatic heterocycles. The number of carbonyl (C=O) groups is 1. The second-order valence-corrected chi connectivity index (χ2v) is 4.29. The summed E-state index contributed by atoms with van der Waals surface area (Å²) in [5.74, 6) is 0.268. The number of nitrogens with two attached hydrogens (primary N) is 1. The highest BCUT2D eigenvalue weighted by Gasteiger charge is 2.28. The van der Waals surface area contributed by atoms with Crippen molar-refractivity contribution in [1.29, 1.82) is 0 Å². The van der Waals surface area contributed by atoms with Crippen LogP contribution in [0.15, 0.2) is 30.3 Å². The number of rotatable bonds is 2. The Morgan fingerprint density at radius 1 is 1.13 bits per heavy atom. The molecule has 80 valence electrons. The summed E-state index contributed by atoms with van der Waals surface area (Å²) in [6.45, 7) is 0. The van der Waals surface area contributed by atoms with Crippen LogP contribution in [0.2, 0.25) is 0 Å². The monoisotopic (exact) mass is 203 g/mol. The molecule has 15 heavy (non-hydrogen) atoms. The van der Waals surface area contributed by atoms with E-state index < -0.39 is 0 Å². The Labute approximate surface area is 90.5 Å². The lowest BCUT2D eigenvalue weighted by molar-refractivity contribution is 0.0871. The van der Waals surface area contributed by atoms with Crippen LogP contribution in [0.5, 0.6) is 0 Å². The predicted molar refractivity (Wildman–Crippen MR) is 60.7 cm³/mol. The predicted octanol–water partition coefficient (Wildman–Crippen LogP) is 2.39. The summed E-state index contributed by atoms with van der Waals surface area (Å²) in [5, 5.41) is 0. The van der Waals surface area contributed by atoms with E-state index in [1.807, 2.05) is 30.3 Å². The van der Waals surface area contributed by atoms with Gasteiger partial charge in [0.2, 0.25) is 0 Å². The van der Waals surface area contributed by atoms with Gasteiger partial charge in [0.25, 0.3) is 0 Å². The molecule has 0 amide bonds. The van der Waals surface area contributed by atoms with E-state index in [1.54, 1.807) is 0 Å². The molecule has 1 saturated carbocycles. The van der Waals surface area contributed by atoms with Gasteiger partial charge >= 0.3 is 0 Å². The van der Waals surface area contributed by atoms with Crippen molar-refractivity contribution in [2.24, 2.45) is 11.7 Å². The molecular weight excluding hydrogens is 186 g/mol. The molecule has 2 nitrogen and oxygen atoms in total. The zero-order valence-electron chi connectivity index (χ0n) is 8.86. The van der Waals surface area contributed by atoms with E-state index in [2.05, 4.69) is 0 Å². The molecule has 1 fully saturated rings. The quantitative estimate of drug-likeness (QED) is 0.750. The van der Waals surface area contributed by atoms with Crippen molar-refractivity contribution in [2.45, 2.75) is 31.7 Å². The lowest BCUT2D eigenvalue weighted by atomic mass is 9.80. The third kappa shape index (κ3) is 2.26. The Kier molecular flexibility index (Phi) is 3.17. The van der Waals surface area contributed by atoms with E-state index in [9.17, 15) is 4.79 Å². The fourth-order valence-corrected chi connectivity index (χ4v) is 2.30. The summed E-state index contributed by atoms with van der Waals surface area (Å²) in [6.07, 6.45) is 4.24. The number of hydrogen-bond donors (Lipinski definition) is 1. The van der Waals surface area contributed by atoms with Crippen molar-refractivity contribution in [3.8, 4) is 0 Å². The van der Waals surface area contributed by atoms with Crippen LogP contribution in [0.1, 0.15) is 36.0 Å². The Morgan fingerprint density at radius 2 is 1.80 bits per heavy atom. The third-order valence-electron chi connectivity index (χ3n) is 3.21. The number of Topliss-reactive ketones (excluding diaryl/α,β-unsaturated/α-hetero) is 1. The molecule has 2 N–H and O–H groups in total. The fourth-order valence-electron chi connectivity index (χ4n) is 2.30. The molecule has 1 aliphatic rings. The average Bonchev–Trinajstić information content (AvgIpc) is 2.30. The van der Waals surface area contributed by atoms with E-state index in [-0.39, 0.29) is 17.7 Å². The van der Waals surface area contributed by atoms with Gasteiger partial charge < -0.3 is 5.73 Å². The maximum absolute atomic E-state index is 12.1. The van der Waals surface area contributed by atoms with Crippen molar-refractivity contribution in [2.75, 3.05) is 0 Å². The SMILES string of the molecule is N[C@@H]1CCCC[C@H]1C(=O)c1ccccc1. The van der Waals surface area contributed by atoms with E-state index in [1.165, 1.54) is 6.42 Å². The van der Waals surface area contributed by atoms with Crippen molar-refractivity contribution >= 4 is 5.78 Å². The molecule has 0 unspecified atom stereocenters. The maximum Gasteiger partial charge on any atom is 0.167 e. The Morgan fingerprint density at radius 3 is 2.47 bits per heavy atom. The largest absolute Gasteiger partial charge is 0.327 e. The first kappa shape index (κ1) is 10.4. The fraction of sp³-hybridized carbons (Fsp3) is 0.462. The highest BCUT2D eigenvalue weighted by Crippen LogP contribution is 2.26. The van der Waals surface area contributed by atoms with Gasteiger partial charge in [0, 0.05) is 17.5 Å². The average molecular weight is 203 g/mol. The summed E-state index contributed by atoms with van der Waals surface area (Å²) in [6, 6.07) is 9.56. The topological polar surface area (TPSA) is 43.1 Å². The van der Waals surface area contributed by atoms with Crippen molar-refractivity contribution in [3.63, 3.8) is 0 Å². The Balaban J connectivity index is 2.13. The van der Waals surface area contributed by atoms with Gasteiger partial charge in [-0.2, -0.15) is 0 Å². The van der Waals surface area contributed by atoms with Crippen molar-refractivity contribution in [1.82, 2.24) is 0 Å². The molecule has 2 heteroatoms. The van der Waals surface area contributed by atoms with Gasteiger partial charge in [-0.05, 0) is 12.8 Å². The maximum atomic E-state index is 12.1. The normalized spacial score (nSPS) is 26.2. The molecular formula is C13H17NO. The van der Waals surface area contributed by atoms with Gasteiger partial charge in [-0.1, -0.05) is 43.2 Å². The van der Waals surface area contributed by atoms with Crippen LogP contribution in [0.3, 0.4) is 0 Å². The van der Waals surface area contributed by atoms with Gasteiger partial charge in [-0.15, -0.1) is 0 Å². The van der Waals surface area contributed by atoms with Crippen LogP contribution in [0.4, 0.5) is 0 Å².